The molecule has 158 valence electrons. The van der Waals surface area contributed by atoms with Crippen molar-refractivity contribution < 1.29 is 9.59 Å². The smallest absolute Gasteiger partial charge is 0.325 e. The Morgan fingerprint density at radius 3 is 2.52 bits per heavy atom. The van der Waals surface area contributed by atoms with Crippen LogP contribution in [0.2, 0.25) is 5.02 Å². The Kier molecular flexibility index (Phi) is 4.86. The van der Waals surface area contributed by atoms with E-state index < -0.39 is 18.2 Å². The SMILES string of the molecule is CN1C(=O)NC(=O)C2C1n1c(-c3ccc(Cl)cc3)nnc1N2CCCc1ccccc1. The van der Waals surface area contributed by atoms with E-state index in [1.54, 1.807) is 19.2 Å². The first kappa shape index (κ1) is 19.6. The van der Waals surface area contributed by atoms with E-state index in [4.69, 9.17) is 11.6 Å². The van der Waals surface area contributed by atoms with Crippen molar-refractivity contribution in [3.63, 3.8) is 0 Å². The van der Waals surface area contributed by atoms with Crippen molar-refractivity contribution in [3.05, 3.63) is 65.2 Å². The molecule has 2 aliphatic heterocycles. The summed E-state index contributed by atoms with van der Waals surface area (Å²) in [5, 5.41) is 11.9. The van der Waals surface area contributed by atoms with Crippen molar-refractivity contribution in [3.8, 4) is 11.4 Å². The van der Waals surface area contributed by atoms with Gasteiger partial charge in [0.25, 0.3) is 5.91 Å². The third-order valence-corrected chi connectivity index (χ3v) is 6.10. The number of urea groups is 1. The molecule has 3 amide bonds. The van der Waals surface area contributed by atoms with Gasteiger partial charge in [0, 0.05) is 24.2 Å². The number of imide groups is 1. The van der Waals surface area contributed by atoms with Crippen molar-refractivity contribution in [2.24, 2.45) is 0 Å². The Morgan fingerprint density at radius 2 is 1.77 bits per heavy atom. The van der Waals surface area contributed by atoms with E-state index >= 15 is 0 Å². The van der Waals surface area contributed by atoms with Crippen molar-refractivity contribution in [2.45, 2.75) is 25.0 Å². The number of likely N-dealkylation sites (N-methyl/N-ethyl adjacent to an activating group) is 1. The molecule has 2 aliphatic rings. The first-order valence-corrected chi connectivity index (χ1v) is 10.5. The van der Waals surface area contributed by atoms with Crippen LogP contribution in [0, 0.1) is 0 Å². The summed E-state index contributed by atoms with van der Waals surface area (Å²) < 4.78 is 1.88. The lowest BCUT2D eigenvalue weighted by atomic mass is 10.1. The number of carbonyl (C=O) groups excluding carboxylic acids is 2. The van der Waals surface area contributed by atoms with E-state index in [0.29, 0.717) is 23.3 Å². The molecule has 1 N–H and O–H groups in total. The number of halogens is 1. The van der Waals surface area contributed by atoms with Gasteiger partial charge in [-0.1, -0.05) is 41.9 Å². The molecular weight excluding hydrogens is 416 g/mol. The fourth-order valence-electron chi connectivity index (χ4n) is 4.33. The highest BCUT2D eigenvalue weighted by Gasteiger charge is 2.52. The average Bonchev–Trinajstić information content (AvgIpc) is 3.33. The summed E-state index contributed by atoms with van der Waals surface area (Å²) in [5.74, 6) is 0.867. The molecule has 31 heavy (non-hydrogen) atoms. The summed E-state index contributed by atoms with van der Waals surface area (Å²) in [6, 6.07) is 16.5. The summed E-state index contributed by atoms with van der Waals surface area (Å²) in [6.45, 7) is 0.615. The molecule has 5 rings (SSSR count). The van der Waals surface area contributed by atoms with Gasteiger partial charge in [-0.2, -0.15) is 0 Å². The van der Waals surface area contributed by atoms with Crippen molar-refractivity contribution >= 4 is 29.5 Å². The maximum absolute atomic E-state index is 12.9. The molecule has 0 radical (unpaired) electrons. The number of anilines is 1. The quantitative estimate of drug-likeness (QED) is 0.664. The number of aryl methyl sites for hydroxylation is 1. The van der Waals surface area contributed by atoms with Crippen LogP contribution >= 0.6 is 11.6 Å². The fraction of sp³-hybridized carbons (Fsp3) is 0.273. The van der Waals surface area contributed by atoms with Crippen LogP contribution in [-0.2, 0) is 11.2 Å². The molecule has 9 heteroatoms. The topological polar surface area (TPSA) is 83.4 Å². The Labute approximate surface area is 184 Å². The van der Waals surface area contributed by atoms with Crippen LogP contribution in [-0.4, -0.2) is 51.2 Å². The number of hydrogen-bond donors (Lipinski definition) is 1. The first-order valence-electron chi connectivity index (χ1n) is 10.1. The van der Waals surface area contributed by atoms with Gasteiger partial charge in [-0.15, -0.1) is 10.2 Å². The zero-order valence-electron chi connectivity index (χ0n) is 16.9. The second-order valence-corrected chi connectivity index (χ2v) is 8.18. The van der Waals surface area contributed by atoms with Gasteiger partial charge in [-0.05, 0) is 42.7 Å². The molecule has 2 atom stereocenters. The number of benzene rings is 2. The minimum atomic E-state index is -0.560. The number of carbonyl (C=O) groups is 2. The number of hydrogen-bond acceptors (Lipinski definition) is 5. The molecule has 2 aromatic carbocycles. The molecular formula is C22H21ClN6O2. The largest absolute Gasteiger partial charge is 0.325 e. The molecule has 0 bridgehead atoms. The number of amides is 3. The highest BCUT2D eigenvalue weighted by molar-refractivity contribution is 6.30. The molecule has 1 saturated heterocycles. The van der Waals surface area contributed by atoms with Crippen molar-refractivity contribution in [1.82, 2.24) is 25.0 Å². The van der Waals surface area contributed by atoms with Crippen LogP contribution in [0.25, 0.3) is 11.4 Å². The number of aromatic nitrogens is 3. The van der Waals surface area contributed by atoms with E-state index in [1.807, 2.05) is 39.8 Å². The van der Waals surface area contributed by atoms with Gasteiger partial charge in [0.05, 0.1) is 0 Å². The van der Waals surface area contributed by atoms with E-state index in [1.165, 1.54) is 10.5 Å². The highest BCUT2D eigenvalue weighted by Crippen LogP contribution is 2.40. The maximum Gasteiger partial charge on any atom is 0.325 e. The van der Waals surface area contributed by atoms with E-state index in [2.05, 4.69) is 27.6 Å². The van der Waals surface area contributed by atoms with Crippen LogP contribution in [0.1, 0.15) is 18.2 Å². The summed E-state index contributed by atoms with van der Waals surface area (Å²) in [6.07, 6.45) is 1.19. The zero-order valence-corrected chi connectivity index (χ0v) is 17.7. The standard InChI is InChI=1S/C22H21ClN6O2/c1-27-20-17(19(30)24-22(27)31)28(13-5-8-14-6-3-2-4-7-14)21-26-25-18(29(20)21)15-9-11-16(23)12-10-15/h2-4,6-7,9-12,17,20H,5,8,13H2,1H3,(H,24,30,31). The first-order chi connectivity index (χ1) is 15.0. The van der Waals surface area contributed by atoms with Crippen LogP contribution < -0.4 is 10.2 Å². The Bertz CT molecular complexity index is 1130. The molecule has 0 aliphatic carbocycles. The normalized spacial score (nSPS) is 19.9. The summed E-state index contributed by atoms with van der Waals surface area (Å²) in [5.41, 5.74) is 2.06. The minimum absolute atomic E-state index is 0.319. The lowest BCUT2D eigenvalue weighted by Gasteiger charge is -2.37. The number of rotatable bonds is 5. The van der Waals surface area contributed by atoms with Gasteiger partial charge in [0.15, 0.2) is 11.9 Å². The molecule has 3 heterocycles. The van der Waals surface area contributed by atoms with E-state index in [-0.39, 0.29) is 5.91 Å². The molecule has 2 unspecified atom stereocenters. The number of nitrogens with one attached hydrogen (secondary N) is 1. The van der Waals surface area contributed by atoms with Gasteiger partial charge in [0.1, 0.15) is 6.17 Å². The monoisotopic (exact) mass is 436 g/mol. The molecule has 1 aromatic heterocycles. The molecule has 1 fully saturated rings. The molecule has 3 aromatic rings. The minimum Gasteiger partial charge on any atom is -0.325 e. The van der Waals surface area contributed by atoms with Crippen molar-refractivity contribution in [1.29, 1.82) is 0 Å². The predicted molar refractivity (Wildman–Crippen MR) is 117 cm³/mol. The highest BCUT2D eigenvalue weighted by atomic mass is 35.5. The van der Waals surface area contributed by atoms with Gasteiger partial charge < -0.3 is 9.80 Å². The van der Waals surface area contributed by atoms with Crippen LogP contribution in [0.15, 0.2) is 54.6 Å². The van der Waals surface area contributed by atoms with E-state index in [0.717, 1.165) is 18.4 Å². The van der Waals surface area contributed by atoms with Gasteiger partial charge in [-0.3, -0.25) is 14.7 Å². The molecule has 0 spiro atoms. The summed E-state index contributed by atoms with van der Waals surface area (Å²) in [7, 11) is 1.68. The third kappa shape index (κ3) is 3.33. The second-order valence-electron chi connectivity index (χ2n) is 7.75. The predicted octanol–water partition coefficient (Wildman–Crippen LogP) is 3.10. The third-order valence-electron chi connectivity index (χ3n) is 5.84. The van der Waals surface area contributed by atoms with Gasteiger partial charge in [0.2, 0.25) is 5.95 Å². The van der Waals surface area contributed by atoms with Crippen LogP contribution in [0.3, 0.4) is 0 Å². The summed E-state index contributed by atoms with van der Waals surface area (Å²) >= 11 is 6.04. The van der Waals surface area contributed by atoms with Crippen molar-refractivity contribution in [2.75, 3.05) is 18.5 Å². The van der Waals surface area contributed by atoms with Gasteiger partial charge in [-0.25, -0.2) is 4.79 Å². The Morgan fingerprint density at radius 1 is 1.03 bits per heavy atom. The maximum atomic E-state index is 12.9. The Balaban J connectivity index is 1.50. The van der Waals surface area contributed by atoms with Gasteiger partial charge >= 0.3 is 6.03 Å². The number of fused-ring (bicyclic) bond motifs is 3. The fourth-order valence-corrected chi connectivity index (χ4v) is 4.46. The summed E-state index contributed by atoms with van der Waals surface area (Å²) in [4.78, 5) is 28.7. The average molecular weight is 437 g/mol. The molecule has 0 saturated carbocycles. The van der Waals surface area contributed by atoms with E-state index in [9.17, 15) is 9.59 Å². The van der Waals surface area contributed by atoms with Crippen LogP contribution in [0.4, 0.5) is 10.7 Å². The lowest BCUT2D eigenvalue weighted by molar-refractivity contribution is -0.124. The second kappa shape index (κ2) is 7.70. The number of nitrogens with zero attached hydrogens (tertiary/aromatic N) is 5. The van der Waals surface area contributed by atoms with Crippen LogP contribution in [0.5, 0.6) is 0 Å². The Hall–Kier alpha value is -3.39. The lowest BCUT2D eigenvalue weighted by Crippen LogP contribution is -2.61. The zero-order chi connectivity index (χ0) is 21.5. The molecule has 8 nitrogen and oxygen atoms in total.